The lowest BCUT2D eigenvalue weighted by molar-refractivity contribution is 0.392. The van der Waals surface area contributed by atoms with Crippen molar-refractivity contribution in [3.63, 3.8) is 0 Å². The maximum atomic E-state index is 11.7. The molecule has 1 aliphatic heterocycles. The molecule has 22 heavy (non-hydrogen) atoms. The molecule has 1 unspecified atom stereocenters. The highest BCUT2D eigenvalue weighted by atomic mass is 32.2. The molecule has 0 N–H and O–H groups in total. The molecule has 2 heterocycles. The van der Waals surface area contributed by atoms with Crippen molar-refractivity contribution in [3.05, 3.63) is 35.2 Å². The van der Waals surface area contributed by atoms with Crippen molar-refractivity contribution in [2.24, 2.45) is 11.8 Å². The van der Waals surface area contributed by atoms with E-state index >= 15 is 0 Å². The minimum absolute atomic E-state index is 0.375. The van der Waals surface area contributed by atoms with Gasteiger partial charge in [-0.25, -0.2) is 12.7 Å². The van der Waals surface area contributed by atoms with Gasteiger partial charge in [-0.1, -0.05) is 23.4 Å². The standard InChI is InChI=1S/C16H22N2O3S/c1-11-16(12(2)21-17-11)14-6-4-5-13(9-14)15-7-8-18(10-15)22(3,19)20/h4,6,9,13,15H,5,7-8,10H2,1-3H3/t13?,15-/m0/s1. The van der Waals surface area contributed by atoms with Crippen molar-refractivity contribution in [1.29, 1.82) is 0 Å². The van der Waals surface area contributed by atoms with Crippen molar-refractivity contribution >= 4 is 15.6 Å². The van der Waals surface area contributed by atoms with E-state index in [9.17, 15) is 8.42 Å². The third-order valence-electron chi connectivity index (χ3n) is 4.68. The van der Waals surface area contributed by atoms with Gasteiger partial charge in [0.15, 0.2) is 0 Å². The molecule has 1 aromatic rings. The number of hydrogen-bond donors (Lipinski definition) is 0. The fourth-order valence-electron chi connectivity index (χ4n) is 3.50. The summed E-state index contributed by atoms with van der Waals surface area (Å²) >= 11 is 0. The molecule has 6 heteroatoms. The molecule has 1 aliphatic carbocycles. The zero-order chi connectivity index (χ0) is 15.9. The van der Waals surface area contributed by atoms with Crippen LogP contribution in [0.4, 0.5) is 0 Å². The van der Waals surface area contributed by atoms with Gasteiger partial charge in [-0.05, 0) is 44.1 Å². The molecule has 0 saturated carbocycles. The first-order valence-corrected chi connectivity index (χ1v) is 9.48. The van der Waals surface area contributed by atoms with E-state index in [4.69, 9.17) is 4.52 Å². The zero-order valence-electron chi connectivity index (χ0n) is 13.2. The molecular weight excluding hydrogens is 300 g/mol. The molecule has 1 aromatic heterocycles. The summed E-state index contributed by atoms with van der Waals surface area (Å²) in [6, 6.07) is 0. The van der Waals surface area contributed by atoms with Crippen LogP contribution >= 0.6 is 0 Å². The molecule has 2 aliphatic rings. The average molecular weight is 322 g/mol. The van der Waals surface area contributed by atoms with Crippen LogP contribution in [-0.2, 0) is 10.0 Å². The lowest BCUT2D eigenvalue weighted by Crippen LogP contribution is -2.28. The van der Waals surface area contributed by atoms with Gasteiger partial charge in [-0.15, -0.1) is 0 Å². The fourth-order valence-corrected chi connectivity index (χ4v) is 4.40. The number of sulfonamides is 1. The second-order valence-electron chi connectivity index (χ2n) is 6.29. The molecule has 2 atom stereocenters. The van der Waals surface area contributed by atoms with E-state index in [1.54, 1.807) is 4.31 Å². The number of aromatic nitrogens is 1. The highest BCUT2D eigenvalue weighted by Crippen LogP contribution is 2.35. The first kappa shape index (κ1) is 15.5. The Balaban J connectivity index is 1.81. The summed E-state index contributed by atoms with van der Waals surface area (Å²) in [5.41, 5.74) is 3.11. The van der Waals surface area contributed by atoms with Gasteiger partial charge in [0.1, 0.15) is 5.76 Å². The van der Waals surface area contributed by atoms with E-state index in [1.807, 2.05) is 13.8 Å². The summed E-state index contributed by atoms with van der Waals surface area (Å²) < 4.78 is 30.2. The summed E-state index contributed by atoms with van der Waals surface area (Å²) in [7, 11) is -3.07. The predicted molar refractivity (Wildman–Crippen MR) is 85.7 cm³/mol. The lowest BCUT2D eigenvalue weighted by atomic mass is 9.83. The monoisotopic (exact) mass is 322 g/mol. The van der Waals surface area contributed by atoms with Crippen LogP contribution in [0.5, 0.6) is 0 Å². The highest BCUT2D eigenvalue weighted by Gasteiger charge is 2.33. The topological polar surface area (TPSA) is 63.4 Å². The van der Waals surface area contributed by atoms with Crippen molar-refractivity contribution in [1.82, 2.24) is 9.46 Å². The lowest BCUT2D eigenvalue weighted by Gasteiger charge is -2.23. The fraction of sp³-hybridized carbons (Fsp3) is 0.562. The van der Waals surface area contributed by atoms with Gasteiger partial charge >= 0.3 is 0 Å². The van der Waals surface area contributed by atoms with Crippen LogP contribution in [-0.4, -0.2) is 37.2 Å². The van der Waals surface area contributed by atoms with Crippen LogP contribution in [0.3, 0.4) is 0 Å². The van der Waals surface area contributed by atoms with Gasteiger partial charge in [0.25, 0.3) is 0 Å². The third-order valence-corrected chi connectivity index (χ3v) is 5.95. The second-order valence-corrected chi connectivity index (χ2v) is 8.28. The Morgan fingerprint density at radius 2 is 2.14 bits per heavy atom. The van der Waals surface area contributed by atoms with Crippen LogP contribution in [0.1, 0.15) is 29.9 Å². The quantitative estimate of drug-likeness (QED) is 0.858. The Kier molecular flexibility index (Phi) is 3.99. The summed E-state index contributed by atoms with van der Waals surface area (Å²) in [5, 5.41) is 4.02. The van der Waals surface area contributed by atoms with Crippen molar-refractivity contribution < 1.29 is 12.9 Å². The summed E-state index contributed by atoms with van der Waals surface area (Å²) in [6.07, 6.45) is 9.75. The van der Waals surface area contributed by atoms with Gasteiger partial charge in [0.05, 0.1) is 11.9 Å². The number of allylic oxidation sites excluding steroid dienone is 4. The zero-order valence-corrected chi connectivity index (χ0v) is 14.1. The van der Waals surface area contributed by atoms with E-state index in [0.717, 1.165) is 35.4 Å². The van der Waals surface area contributed by atoms with Crippen LogP contribution in [0.2, 0.25) is 0 Å². The second kappa shape index (κ2) is 5.66. The predicted octanol–water partition coefficient (Wildman–Crippen LogP) is 2.53. The molecule has 1 fully saturated rings. The van der Waals surface area contributed by atoms with Crippen LogP contribution < -0.4 is 0 Å². The smallest absolute Gasteiger partial charge is 0.211 e. The SMILES string of the molecule is Cc1noc(C)c1C1=CC([C@H]2CCN(S(C)(=O)=O)C2)CC=C1. The van der Waals surface area contributed by atoms with Crippen LogP contribution in [0.25, 0.3) is 5.57 Å². The Bertz CT molecular complexity index is 711. The molecule has 5 nitrogen and oxygen atoms in total. The summed E-state index contributed by atoms with van der Waals surface area (Å²) in [6.45, 7) is 5.14. The molecule has 0 radical (unpaired) electrons. The first-order valence-electron chi connectivity index (χ1n) is 7.63. The van der Waals surface area contributed by atoms with E-state index in [2.05, 4.69) is 23.4 Å². The summed E-state index contributed by atoms with van der Waals surface area (Å²) in [4.78, 5) is 0. The summed E-state index contributed by atoms with van der Waals surface area (Å²) in [5.74, 6) is 1.59. The maximum absolute atomic E-state index is 11.7. The van der Waals surface area contributed by atoms with E-state index < -0.39 is 10.0 Å². The largest absolute Gasteiger partial charge is 0.361 e. The molecule has 3 rings (SSSR count). The molecule has 1 saturated heterocycles. The number of hydrogen-bond acceptors (Lipinski definition) is 4. The van der Waals surface area contributed by atoms with Gasteiger partial charge < -0.3 is 4.52 Å². The Morgan fingerprint density at radius 3 is 2.73 bits per heavy atom. The van der Waals surface area contributed by atoms with Crippen LogP contribution in [0.15, 0.2) is 22.8 Å². The minimum atomic E-state index is -3.07. The van der Waals surface area contributed by atoms with Crippen molar-refractivity contribution in [2.45, 2.75) is 26.7 Å². The van der Waals surface area contributed by atoms with E-state index in [-0.39, 0.29) is 0 Å². The van der Waals surface area contributed by atoms with Crippen molar-refractivity contribution in [2.75, 3.05) is 19.3 Å². The Morgan fingerprint density at radius 1 is 1.36 bits per heavy atom. The third kappa shape index (κ3) is 2.90. The molecule has 0 bridgehead atoms. The Hall–Kier alpha value is -1.40. The average Bonchev–Trinajstić information content (AvgIpc) is 3.06. The molecule has 0 spiro atoms. The van der Waals surface area contributed by atoms with Crippen LogP contribution in [0, 0.1) is 25.7 Å². The number of nitrogens with zero attached hydrogens (tertiary/aromatic N) is 2. The van der Waals surface area contributed by atoms with E-state index in [1.165, 1.54) is 6.26 Å². The van der Waals surface area contributed by atoms with E-state index in [0.29, 0.717) is 24.9 Å². The van der Waals surface area contributed by atoms with Gasteiger partial charge in [0.2, 0.25) is 10.0 Å². The van der Waals surface area contributed by atoms with Gasteiger partial charge in [-0.3, -0.25) is 0 Å². The molecule has 0 amide bonds. The maximum Gasteiger partial charge on any atom is 0.211 e. The minimum Gasteiger partial charge on any atom is -0.361 e. The van der Waals surface area contributed by atoms with Gasteiger partial charge in [-0.2, -0.15) is 0 Å². The molecular formula is C16H22N2O3S. The van der Waals surface area contributed by atoms with Crippen molar-refractivity contribution in [3.8, 4) is 0 Å². The highest BCUT2D eigenvalue weighted by molar-refractivity contribution is 7.88. The first-order chi connectivity index (χ1) is 10.4. The number of aryl methyl sites for hydroxylation is 2. The molecule has 0 aromatic carbocycles. The molecule has 120 valence electrons. The number of rotatable bonds is 3. The Labute approximate surface area is 131 Å². The van der Waals surface area contributed by atoms with Gasteiger partial charge in [0, 0.05) is 18.7 Å². The normalized spacial score (nSPS) is 26.4.